The van der Waals surface area contributed by atoms with E-state index in [-0.39, 0.29) is 15.9 Å². The summed E-state index contributed by atoms with van der Waals surface area (Å²) in [6.45, 7) is 2.13. The van der Waals surface area contributed by atoms with Gasteiger partial charge in [0, 0.05) is 15.6 Å². The molecule has 37 heavy (non-hydrogen) atoms. The number of ether oxygens (including phenoxy) is 3. The molecule has 0 saturated carbocycles. The summed E-state index contributed by atoms with van der Waals surface area (Å²) >= 11 is 4.54. The van der Waals surface area contributed by atoms with Gasteiger partial charge in [-0.05, 0) is 51.1 Å². The Labute approximate surface area is 223 Å². The highest BCUT2D eigenvalue weighted by Crippen LogP contribution is 2.37. The Hall–Kier alpha value is -3.31. The Bertz CT molecular complexity index is 1560. The number of alkyl halides is 2. The molecule has 0 bridgehead atoms. The van der Waals surface area contributed by atoms with Gasteiger partial charge in [-0.25, -0.2) is 9.79 Å². The standard InChI is InChI=1S/C26H23BrF2N2O5S/c1-13(2)35-24(33)21-14(3)30-26-31(22(21)17-12-16(27)9-10-19(17)34-4)23(32)20(37-26)11-15-7-5-6-8-18(15)36-25(28)29/h5-13,22,25H,1-4H3/b20-11-/t22-/m1/s1. The smallest absolute Gasteiger partial charge is 0.387 e. The van der Waals surface area contributed by atoms with Crippen molar-refractivity contribution >= 4 is 39.3 Å². The molecule has 1 aliphatic rings. The van der Waals surface area contributed by atoms with E-state index in [1.165, 1.54) is 23.8 Å². The summed E-state index contributed by atoms with van der Waals surface area (Å²) in [5.74, 6) is -0.206. The number of para-hydroxylation sites is 1. The number of aromatic nitrogens is 1. The molecule has 4 rings (SSSR count). The van der Waals surface area contributed by atoms with Gasteiger partial charge >= 0.3 is 12.6 Å². The summed E-state index contributed by atoms with van der Waals surface area (Å²) < 4.78 is 43.9. The Morgan fingerprint density at radius 1 is 1.19 bits per heavy atom. The highest BCUT2D eigenvalue weighted by atomic mass is 79.9. The van der Waals surface area contributed by atoms with Crippen molar-refractivity contribution in [2.45, 2.75) is 39.5 Å². The number of halogens is 3. The Kier molecular flexibility index (Phi) is 7.93. The predicted octanol–water partition coefficient (Wildman–Crippen LogP) is 4.56. The van der Waals surface area contributed by atoms with Crippen LogP contribution in [-0.4, -0.2) is 30.4 Å². The molecule has 2 heterocycles. The van der Waals surface area contributed by atoms with Crippen LogP contribution in [0.2, 0.25) is 0 Å². The molecule has 194 valence electrons. The lowest BCUT2D eigenvalue weighted by atomic mass is 9.95. The van der Waals surface area contributed by atoms with Crippen molar-refractivity contribution in [3.63, 3.8) is 0 Å². The van der Waals surface area contributed by atoms with Crippen LogP contribution >= 0.6 is 27.3 Å². The molecular formula is C26H23BrF2N2O5S. The van der Waals surface area contributed by atoms with Crippen molar-refractivity contribution in [2.24, 2.45) is 4.99 Å². The van der Waals surface area contributed by atoms with Gasteiger partial charge in [0.15, 0.2) is 4.80 Å². The Morgan fingerprint density at radius 2 is 1.92 bits per heavy atom. The summed E-state index contributed by atoms with van der Waals surface area (Å²) in [7, 11) is 1.50. The monoisotopic (exact) mass is 592 g/mol. The molecule has 1 aliphatic heterocycles. The van der Waals surface area contributed by atoms with Gasteiger partial charge in [-0.1, -0.05) is 45.5 Å². The first-order valence-corrected chi connectivity index (χ1v) is 12.8. The first-order chi connectivity index (χ1) is 17.6. The number of thiazole rings is 1. The van der Waals surface area contributed by atoms with E-state index in [0.717, 1.165) is 15.8 Å². The van der Waals surface area contributed by atoms with Crippen molar-refractivity contribution in [3.05, 3.63) is 89.0 Å². The third-order valence-electron chi connectivity index (χ3n) is 5.49. The number of hydrogen-bond acceptors (Lipinski definition) is 7. The maximum absolute atomic E-state index is 13.8. The first-order valence-electron chi connectivity index (χ1n) is 11.2. The van der Waals surface area contributed by atoms with E-state index in [2.05, 4.69) is 25.7 Å². The third-order valence-corrected chi connectivity index (χ3v) is 6.97. The van der Waals surface area contributed by atoms with Gasteiger partial charge in [-0.15, -0.1) is 0 Å². The maximum Gasteiger partial charge on any atom is 0.387 e. The van der Waals surface area contributed by atoms with Crippen LogP contribution in [0.3, 0.4) is 0 Å². The summed E-state index contributed by atoms with van der Waals surface area (Å²) in [6.07, 6.45) is 1.08. The number of nitrogens with zero attached hydrogens (tertiary/aromatic N) is 2. The first kappa shape index (κ1) is 26.7. The zero-order chi connectivity index (χ0) is 26.9. The zero-order valence-corrected chi connectivity index (χ0v) is 22.7. The van der Waals surface area contributed by atoms with Crippen molar-refractivity contribution < 1.29 is 27.8 Å². The molecule has 3 aromatic rings. The fourth-order valence-electron chi connectivity index (χ4n) is 4.02. The molecule has 1 atom stereocenters. The Balaban J connectivity index is 1.99. The van der Waals surface area contributed by atoms with Crippen LogP contribution in [0, 0.1) is 0 Å². The number of benzene rings is 2. The average Bonchev–Trinajstić information content (AvgIpc) is 3.13. The normalized spacial score (nSPS) is 15.6. The Morgan fingerprint density at radius 3 is 2.59 bits per heavy atom. The topological polar surface area (TPSA) is 79.1 Å². The number of allylic oxidation sites excluding steroid dienone is 1. The number of hydrogen-bond donors (Lipinski definition) is 0. The molecule has 0 saturated heterocycles. The van der Waals surface area contributed by atoms with Gasteiger partial charge in [0.05, 0.1) is 29.0 Å². The van der Waals surface area contributed by atoms with E-state index in [1.54, 1.807) is 57.2 Å². The molecule has 0 amide bonds. The van der Waals surface area contributed by atoms with Crippen LogP contribution in [0.25, 0.3) is 6.08 Å². The van der Waals surface area contributed by atoms with Gasteiger partial charge in [0.25, 0.3) is 5.56 Å². The summed E-state index contributed by atoms with van der Waals surface area (Å²) in [4.78, 5) is 31.9. The minimum atomic E-state index is -3.02. The minimum Gasteiger partial charge on any atom is -0.496 e. The van der Waals surface area contributed by atoms with Gasteiger partial charge < -0.3 is 14.2 Å². The van der Waals surface area contributed by atoms with E-state index in [1.807, 2.05) is 0 Å². The number of fused-ring (bicyclic) bond motifs is 1. The fraction of sp³-hybridized carbons (Fsp3) is 0.269. The van der Waals surface area contributed by atoms with Gasteiger partial charge in [0.2, 0.25) is 0 Å². The van der Waals surface area contributed by atoms with Crippen molar-refractivity contribution in [1.82, 2.24) is 4.57 Å². The summed E-state index contributed by atoms with van der Waals surface area (Å²) in [6, 6.07) is 10.6. The van der Waals surface area contributed by atoms with Gasteiger partial charge in [-0.3, -0.25) is 9.36 Å². The lowest BCUT2D eigenvalue weighted by Gasteiger charge is -2.26. The van der Waals surface area contributed by atoms with Crippen molar-refractivity contribution in [3.8, 4) is 11.5 Å². The molecule has 0 aliphatic carbocycles. The molecule has 0 fully saturated rings. The molecule has 11 heteroatoms. The van der Waals surface area contributed by atoms with Crippen LogP contribution in [-0.2, 0) is 9.53 Å². The second-order valence-electron chi connectivity index (χ2n) is 8.34. The maximum atomic E-state index is 13.8. The minimum absolute atomic E-state index is 0.0640. The second kappa shape index (κ2) is 11.0. The van der Waals surface area contributed by atoms with E-state index in [4.69, 9.17) is 9.47 Å². The van der Waals surface area contributed by atoms with Crippen LogP contribution in [0.15, 0.2) is 68.0 Å². The van der Waals surface area contributed by atoms with Gasteiger partial charge in [0.1, 0.15) is 17.5 Å². The van der Waals surface area contributed by atoms with Crippen LogP contribution < -0.4 is 24.4 Å². The van der Waals surface area contributed by atoms with E-state index < -0.39 is 30.3 Å². The second-order valence-corrected chi connectivity index (χ2v) is 10.3. The molecule has 0 unspecified atom stereocenters. The lowest BCUT2D eigenvalue weighted by molar-refractivity contribution is -0.143. The number of rotatable bonds is 7. The number of carbonyl (C=O) groups excluding carboxylic acids is 1. The van der Waals surface area contributed by atoms with Crippen molar-refractivity contribution in [2.75, 3.05) is 7.11 Å². The molecule has 0 spiro atoms. The highest BCUT2D eigenvalue weighted by Gasteiger charge is 2.35. The molecule has 0 N–H and O–H groups in total. The average molecular weight is 593 g/mol. The third kappa shape index (κ3) is 5.52. The largest absolute Gasteiger partial charge is 0.496 e. The molecule has 2 aromatic carbocycles. The summed E-state index contributed by atoms with van der Waals surface area (Å²) in [5, 5.41) is 0. The van der Waals surface area contributed by atoms with E-state index in [0.29, 0.717) is 27.4 Å². The zero-order valence-electron chi connectivity index (χ0n) is 20.3. The molecule has 7 nitrogen and oxygen atoms in total. The quantitative estimate of drug-likeness (QED) is 0.376. The van der Waals surface area contributed by atoms with E-state index in [9.17, 15) is 18.4 Å². The van der Waals surface area contributed by atoms with E-state index >= 15 is 0 Å². The number of carbonyl (C=O) groups is 1. The number of methoxy groups -OCH3 is 1. The highest BCUT2D eigenvalue weighted by molar-refractivity contribution is 9.10. The summed E-state index contributed by atoms with van der Waals surface area (Å²) in [5.41, 5.74) is 0.998. The van der Waals surface area contributed by atoms with Crippen LogP contribution in [0.4, 0.5) is 8.78 Å². The predicted molar refractivity (Wildman–Crippen MR) is 139 cm³/mol. The molecule has 0 radical (unpaired) electrons. The van der Waals surface area contributed by atoms with Crippen LogP contribution in [0.1, 0.15) is 37.9 Å². The number of esters is 1. The van der Waals surface area contributed by atoms with Crippen molar-refractivity contribution in [1.29, 1.82) is 0 Å². The fourth-order valence-corrected chi connectivity index (χ4v) is 5.43. The SMILES string of the molecule is COc1ccc(Br)cc1[C@@H]1C(C(=O)OC(C)C)=C(C)N=c2s/c(=C\c3ccccc3OC(F)F)c(=O)n21. The van der Waals surface area contributed by atoms with Crippen LogP contribution in [0.5, 0.6) is 11.5 Å². The lowest BCUT2D eigenvalue weighted by Crippen LogP contribution is -2.40. The van der Waals surface area contributed by atoms with Gasteiger partial charge in [-0.2, -0.15) is 8.78 Å². The molecule has 1 aromatic heterocycles. The molecular weight excluding hydrogens is 570 g/mol.